The lowest BCUT2D eigenvalue weighted by Crippen LogP contribution is -2.48. The first kappa shape index (κ1) is 95.3. The molecule has 3 saturated heterocycles. The molecule has 34 heteroatoms. The second kappa shape index (κ2) is 49.5. The Labute approximate surface area is 731 Å². The van der Waals surface area contributed by atoms with Gasteiger partial charge in [-0.3, -0.25) is 33.6 Å². The van der Waals surface area contributed by atoms with Crippen LogP contribution < -0.4 is 26.2 Å². The predicted molar refractivity (Wildman–Crippen MR) is 469 cm³/mol. The number of anilines is 3. The highest BCUT2D eigenvalue weighted by Gasteiger charge is 2.37. The van der Waals surface area contributed by atoms with Crippen LogP contribution in [0.4, 0.5) is 22.5 Å². The molecule has 34 nitrogen and oxygen atoms in total. The van der Waals surface area contributed by atoms with Crippen molar-refractivity contribution in [3.8, 4) is 11.3 Å². The Morgan fingerprint density at radius 1 is 0.728 bits per heavy atom. The van der Waals surface area contributed by atoms with E-state index in [9.17, 15) is 43.5 Å². The number of unbranched alkanes of at least 4 members (excludes halogenated alkanes) is 1. The van der Waals surface area contributed by atoms with Gasteiger partial charge in [-0.1, -0.05) is 57.2 Å². The molecule has 4 aliphatic heterocycles. The number of amides is 4. The SMILES string of the molecule is CO[C@@H](CC1CCCC(C(=O)C(=O)N2CCCCC2)O1)/C(C)=C/C=C/C=C/[C@@H](C)C[C@@H](C)C(=O)C[C@H](O)/C(C)=C/[C@@H](C)C(=O)C[C@@H](CC[C@H]1CC[C@H](OC(=O)N2CCc3nc(N4CCN(c5ncc(C(=O)NCCOCCOCCOCCOCCC(=O)NCCCCn6nc(-c7cnc8[nH]ccc8c7)c7c(N)ncnc76)cn5)CC4)ncc3C2)CC1)OC=O. The van der Waals surface area contributed by atoms with Gasteiger partial charge in [-0.05, 0) is 145 Å². The zero-order valence-corrected chi connectivity index (χ0v) is 73.4. The second-order valence-electron chi connectivity index (χ2n) is 33.4. The number of aromatic amines is 1. The van der Waals surface area contributed by atoms with E-state index in [0.717, 1.165) is 97.6 Å². The molecule has 8 atom stereocenters. The first-order chi connectivity index (χ1) is 60.7. The average Bonchev–Trinajstić information content (AvgIpc) is 1.62. The van der Waals surface area contributed by atoms with Crippen molar-refractivity contribution in [1.29, 1.82) is 0 Å². The van der Waals surface area contributed by atoms with E-state index in [2.05, 4.69) is 50.3 Å². The van der Waals surface area contributed by atoms with Crippen molar-refractivity contribution < 1.29 is 81.4 Å². The number of H-pyrrole nitrogens is 1. The summed E-state index contributed by atoms with van der Waals surface area (Å²) >= 11 is 0. The molecule has 678 valence electrons. The Balaban J connectivity index is 0.480. The lowest BCUT2D eigenvalue weighted by atomic mass is 9.83. The van der Waals surface area contributed by atoms with Crippen LogP contribution in [-0.4, -0.2) is 268 Å². The van der Waals surface area contributed by atoms with Crippen LogP contribution in [0.25, 0.3) is 33.3 Å². The number of rotatable bonds is 49. The zero-order valence-electron chi connectivity index (χ0n) is 73.4. The zero-order chi connectivity index (χ0) is 88.4. The van der Waals surface area contributed by atoms with Gasteiger partial charge in [0.15, 0.2) is 5.65 Å². The molecule has 0 aromatic carbocycles. The molecule has 125 heavy (non-hydrogen) atoms. The van der Waals surface area contributed by atoms with Crippen molar-refractivity contribution in [1.82, 2.24) is 70.1 Å². The van der Waals surface area contributed by atoms with E-state index in [1.807, 2.05) is 74.2 Å². The van der Waals surface area contributed by atoms with Crippen LogP contribution in [0.2, 0.25) is 0 Å². The Morgan fingerprint density at radius 3 is 2.18 bits per heavy atom. The number of hydrogen-bond acceptors (Lipinski definition) is 28. The van der Waals surface area contributed by atoms with Gasteiger partial charge in [0, 0.05) is 164 Å². The van der Waals surface area contributed by atoms with Gasteiger partial charge in [-0.25, -0.2) is 44.4 Å². The molecule has 4 fully saturated rings. The molecule has 2 unspecified atom stereocenters. The number of methoxy groups -OCH3 is 1. The normalized spacial score (nSPS) is 19.4. The second-order valence-corrected chi connectivity index (χ2v) is 33.4. The predicted octanol–water partition coefficient (Wildman–Crippen LogP) is 9.52. The maximum Gasteiger partial charge on any atom is 0.410 e. The van der Waals surface area contributed by atoms with Crippen LogP contribution in [-0.2, 0) is 86.2 Å². The third kappa shape index (κ3) is 29.1. The van der Waals surface area contributed by atoms with Crippen molar-refractivity contribution in [3.05, 3.63) is 114 Å². The molecular formula is C91H127N17O17. The lowest BCUT2D eigenvalue weighted by molar-refractivity contribution is -0.157. The van der Waals surface area contributed by atoms with Crippen molar-refractivity contribution in [3.63, 3.8) is 0 Å². The summed E-state index contributed by atoms with van der Waals surface area (Å²) in [5, 5.41) is 23.4. The number of nitrogen functional groups attached to an aromatic ring is 1. The first-order valence-corrected chi connectivity index (χ1v) is 44.6. The highest BCUT2D eigenvalue weighted by Crippen LogP contribution is 2.35. The number of piperidine rings is 1. The first-order valence-electron chi connectivity index (χ1n) is 44.6. The number of piperazine rings is 1. The number of likely N-dealkylation sites (tertiary alicyclic amines) is 1. The highest BCUT2D eigenvalue weighted by molar-refractivity contribution is 6.37. The van der Waals surface area contributed by atoms with Gasteiger partial charge in [0.2, 0.25) is 23.6 Å². The fourth-order valence-electron chi connectivity index (χ4n) is 16.5. The molecule has 1 saturated carbocycles. The Kier molecular flexibility index (Phi) is 37.8. The van der Waals surface area contributed by atoms with E-state index >= 15 is 0 Å². The number of ether oxygens (including phenoxy) is 8. The summed E-state index contributed by atoms with van der Waals surface area (Å²) in [5.41, 5.74) is 12.8. The summed E-state index contributed by atoms with van der Waals surface area (Å²) < 4.78 is 47.8. The molecule has 6 aromatic rings. The van der Waals surface area contributed by atoms with E-state index in [0.29, 0.717) is 221 Å². The number of carbonyl (C=O) groups is 8. The summed E-state index contributed by atoms with van der Waals surface area (Å²) in [5.74, 6) is -0.479. The highest BCUT2D eigenvalue weighted by atomic mass is 16.6. The number of aromatic nitrogens is 10. The van der Waals surface area contributed by atoms with Crippen LogP contribution >= 0.6 is 0 Å². The fraction of sp³-hybridized carbons (Fsp3) is 0.604. The lowest BCUT2D eigenvalue weighted by Gasteiger charge is -2.35. The molecular weight excluding hydrogens is 1600 g/mol. The number of nitrogens with zero attached hydrogens (tertiary/aromatic N) is 13. The molecule has 0 spiro atoms. The number of allylic oxidation sites excluding steroid dienone is 6. The number of pyridine rings is 1. The van der Waals surface area contributed by atoms with Crippen molar-refractivity contribution in [2.24, 2.45) is 23.7 Å². The smallest absolute Gasteiger partial charge is 0.410 e. The van der Waals surface area contributed by atoms with Crippen LogP contribution in [0.3, 0.4) is 0 Å². The number of Topliss-reactive ketones (excluding diaryl/α,β-unsaturated/α-hetero) is 3. The summed E-state index contributed by atoms with van der Waals surface area (Å²) in [6, 6.07) is 3.96. The van der Waals surface area contributed by atoms with E-state index in [-0.39, 0.29) is 85.5 Å². The van der Waals surface area contributed by atoms with Gasteiger partial charge < -0.3 is 84.0 Å². The summed E-state index contributed by atoms with van der Waals surface area (Å²) in [7, 11) is 1.66. The van der Waals surface area contributed by atoms with Crippen molar-refractivity contribution >= 4 is 87.4 Å². The monoisotopic (exact) mass is 1730 g/mol. The number of hydrogen-bond donors (Lipinski definition) is 5. The van der Waals surface area contributed by atoms with Crippen molar-refractivity contribution in [2.45, 2.75) is 213 Å². The quantitative estimate of drug-likeness (QED) is 0.00779. The molecule has 5 aliphatic rings. The molecule has 11 rings (SSSR count). The van der Waals surface area contributed by atoms with Gasteiger partial charge >= 0.3 is 6.09 Å². The number of nitrogens with two attached hydrogens (primary N) is 1. The van der Waals surface area contributed by atoms with Crippen LogP contribution in [0.5, 0.6) is 0 Å². The van der Waals surface area contributed by atoms with Crippen molar-refractivity contribution in [2.75, 3.05) is 134 Å². The average molecular weight is 1730 g/mol. The Bertz CT molecular complexity index is 4630. The molecule has 1 aliphatic carbocycles. The number of aryl methyl sites for hydroxylation is 1. The van der Waals surface area contributed by atoms with Crippen LogP contribution in [0.15, 0.2) is 97.0 Å². The van der Waals surface area contributed by atoms with Gasteiger partial charge in [0.1, 0.15) is 53.4 Å². The Hall–Kier alpha value is -10.4. The van der Waals surface area contributed by atoms with Gasteiger partial charge in [0.05, 0.1) is 94.4 Å². The minimum atomic E-state index is -1.05. The van der Waals surface area contributed by atoms with E-state index < -0.39 is 35.9 Å². The number of aliphatic hydroxyl groups excluding tert-OH is 1. The molecule has 6 N–H and O–H groups in total. The molecule has 0 bridgehead atoms. The fourth-order valence-corrected chi connectivity index (χ4v) is 16.5. The van der Waals surface area contributed by atoms with Gasteiger partial charge in [-0.15, -0.1) is 0 Å². The number of fused-ring (bicyclic) bond motifs is 3. The maximum absolute atomic E-state index is 13.6. The van der Waals surface area contributed by atoms with Gasteiger partial charge in [-0.2, -0.15) is 5.10 Å². The van der Waals surface area contributed by atoms with Crippen LogP contribution in [0.1, 0.15) is 178 Å². The topological polar surface area (TPSA) is 418 Å². The number of ketones is 3. The summed E-state index contributed by atoms with van der Waals surface area (Å²) in [6.07, 6.45) is 30.8. The Morgan fingerprint density at radius 2 is 1.45 bits per heavy atom. The maximum atomic E-state index is 13.6. The van der Waals surface area contributed by atoms with E-state index in [4.69, 9.17) is 58.7 Å². The van der Waals surface area contributed by atoms with E-state index in [1.165, 1.54) is 18.7 Å². The summed E-state index contributed by atoms with van der Waals surface area (Å²) in [4.78, 5) is 146. The summed E-state index contributed by atoms with van der Waals surface area (Å²) in [6.45, 7) is 18.5. The van der Waals surface area contributed by atoms with Crippen LogP contribution in [0, 0.1) is 23.7 Å². The van der Waals surface area contributed by atoms with E-state index in [1.54, 1.807) is 49.2 Å². The number of nitrogens with one attached hydrogen (secondary N) is 3. The third-order valence-corrected chi connectivity index (χ3v) is 24.0. The largest absolute Gasteiger partial charge is 0.464 e. The molecule has 10 heterocycles. The van der Waals surface area contributed by atoms with Gasteiger partial charge in [0.25, 0.3) is 18.3 Å². The number of aliphatic hydroxyl groups is 1. The minimum Gasteiger partial charge on any atom is -0.464 e. The number of carbonyl (C=O) groups excluding carboxylic acids is 8. The molecule has 6 aromatic heterocycles. The standard InChI is InChI=1S/C91H127N17O17/c1-61(16-9-7-10-17-62(2)79(118-6)52-73-18-15-19-78(124-73)83(114)88(116)104-32-12-8-13-33-104)48-63(3)76(111)53-77(112)65(5)49-64(4)75(110)51-72(123-60-109)25-22-66-20-23-71(24-21-66)125-91(117)107-35-27-74-70(58-107)57-99-90(102-74)106-38-36-105(37-39-106)89-97-55-69(56-98-89)87(115)95-31-41-120-43-45-122-47-46-121-44-42-119-40-28-80(113)93-29-11-14-34-108-86-81(84(92)100-59-101-86)82(103-108)68-50-67-26-30-94-85(67)96-54-68/h7,9-10,16-17,26,30,49-50,54-57,59-61,63-64,66,71-73,77-79,112H,8,11-15,18-25,27-29,31-48,51-53,58H2,1-6H3,(H,93,113)(H,94,96)(H,95,115)(H2,92,100,101)/b10-7+,16-9+,62-17+,65-49+/t61-,63-,64-,66-,71-,72-,73?,77+,78?,79+/m1/s1. The third-order valence-electron chi connectivity index (χ3n) is 24.0. The minimum absolute atomic E-state index is 0.0199. The molecule has 0 radical (unpaired) electrons. The molecule has 4 amide bonds.